The van der Waals surface area contributed by atoms with Gasteiger partial charge in [0.25, 0.3) is 0 Å². The molecule has 2 aromatic carbocycles. The van der Waals surface area contributed by atoms with E-state index in [0.29, 0.717) is 17.3 Å². The van der Waals surface area contributed by atoms with Gasteiger partial charge in [-0.2, -0.15) is 17.9 Å². The van der Waals surface area contributed by atoms with Gasteiger partial charge in [-0.1, -0.05) is 40.7 Å². The predicted octanol–water partition coefficient (Wildman–Crippen LogP) is 6.61. The van der Waals surface area contributed by atoms with Crippen LogP contribution in [0, 0.1) is 13.8 Å². The number of alkyl halides is 6. The predicted molar refractivity (Wildman–Crippen MR) is 118 cm³/mol. The van der Waals surface area contributed by atoms with Crippen LogP contribution in [0.2, 0.25) is 0 Å². The van der Waals surface area contributed by atoms with Crippen LogP contribution in [-0.2, 0) is 10.0 Å². The Morgan fingerprint density at radius 1 is 1.12 bits per heavy atom. The Kier molecular flexibility index (Phi) is 8.58. The average molecular weight is 578 g/mol. The van der Waals surface area contributed by atoms with E-state index in [1.807, 2.05) is 0 Å². The minimum atomic E-state index is -5.06. The molecule has 0 saturated heterocycles. The van der Waals surface area contributed by atoms with Gasteiger partial charge in [-0.3, -0.25) is 0 Å². The van der Waals surface area contributed by atoms with Crippen molar-refractivity contribution in [1.82, 2.24) is 4.72 Å². The molecule has 1 N–H and O–H groups in total. The average Bonchev–Trinajstić information content (AvgIpc) is 2.63. The molecule has 1 unspecified atom stereocenters. The summed E-state index contributed by atoms with van der Waals surface area (Å²) < 4.78 is 110. The molecule has 33 heavy (non-hydrogen) atoms. The SMILES string of the molecule is C=Cc1cc(C)c(S(=O)(=O)NC(CSc2ccc(Br)cc2OC(F)(F)F)C(F)(F)F)c(C)c1. The minimum absolute atomic E-state index is 0.216. The van der Waals surface area contributed by atoms with Crippen molar-refractivity contribution in [1.29, 1.82) is 0 Å². The van der Waals surface area contributed by atoms with E-state index in [1.54, 1.807) is 4.72 Å². The van der Waals surface area contributed by atoms with Crippen LogP contribution in [0.3, 0.4) is 0 Å². The Morgan fingerprint density at radius 2 is 1.70 bits per heavy atom. The first kappa shape index (κ1) is 27.5. The van der Waals surface area contributed by atoms with E-state index in [0.717, 1.165) is 12.1 Å². The Labute approximate surface area is 199 Å². The molecule has 2 aromatic rings. The van der Waals surface area contributed by atoms with Crippen molar-refractivity contribution >= 4 is 43.8 Å². The second kappa shape index (κ2) is 10.3. The normalized spacial score (nSPS) is 13.6. The highest BCUT2D eigenvalue weighted by molar-refractivity contribution is 9.10. The molecule has 0 heterocycles. The van der Waals surface area contributed by atoms with Crippen LogP contribution in [0.5, 0.6) is 5.75 Å². The third-order valence-corrected chi connectivity index (χ3v) is 7.63. The number of ether oxygens (including phenoxy) is 1. The summed E-state index contributed by atoms with van der Waals surface area (Å²) in [4.78, 5) is -0.552. The molecule has 2 rings (SSSR count). The van der Waals surface area contributed by atoms with Crippen molar-refractivity contribution < 1.29 is 39.5 Å². The summed E-state index contributed by atoms with van der Waals surface area (Å²) in [5.41, 5.74) is 1.04. The van der Waals surface area contributed by atoms with Crippen molar-refractivity contribution in [3.63, 3.8) is 0 Å². The van der Waals surface area contributed by atoms with Gasteiger partial charge >= 0.3 is 12.5 Å². The highest BCUT2D eigenvalue weighted by atomic mass is 79.9. The highest BCUT2D eigenvalue weighted by Crippen LogP contribution is 2.37. The second-order valence-electron chi connectivity index (χ2n) is 6.85. The van der Waals surface area contributed by atoms with E-state index in [1.165, 1.54) is 38.1 Å². The molecule has 1 atom stereocenters. The van der Waals surface area contributed by atoms with Gasteiger partial charge in [0.2, 0.25) is 10.0 Å². The number of hydrogen-bond donors (Lipinski definition) is 1. The van der Waals surface area contributed by atoms with Gasteiger partial charge in [-0.05, 0) is 48.7 Å². The smallest absolute Gasteiger partial charge is 0.405 e. The van der Waals surface area contributed by atoms with Crippen LogP contribution < -0.4 is 9.46 Å². The Morgan fingerprint density at radius 3 is 2.18 bits per heavy atom. The molecule has 0 fully saturated rings. The molecule has 4 nitrogen and oxygen atoms in total. The molecule has 0 aliphatic rings. The number of rotatable bonds is 8. The van der Waals surface area contributed by atoms with E-state index in [2.05, 4.69) is 27.2 Å². The van der Waals surface area contributed by atoms with Crippen molar-refractivity contribution in [3.05, 3.63) is 58.1 Å². The zero-order valence-corrected chi connectivity index (χ0v) is 20.4. The molecule has 0 aromatic heterocycles. The molecule has 13 heteroatoms. The first-order valence-electron chi connectivity index (χ1n) is 9.04. The summed E-state index contributed by atoms with van der Waals surface area (Å²) in [7, 11) is -4.62. The number of thioether (sulfide) groups is 1. The fraction of sp³-hybridized carbons (Fsp3) is 0.300. The largest absolute Gasteiger partial charge is 0.573 e. The Bertz CT molecular complexity index is 1110. The molecule has 182 valence electrons. The molecule has 0 spiro atoms. The number of halogens is 7. The van der Waals surface area contributed by atoms with E-state index in [-0.39, 0.29) is 25.4 Å². The molecule has 0 aliphatic carbocycles. The number of sulfonamides is 1. The maximum Gasteiger partial charge on any atom is 0.573 e. The summed E-state index contributed by atoms with van der Waals surface area (Å²) in [5, 5.41) is 0. The zero-order valence-electron chi connectivity index (χ0n) is 17.1. The third-order valence-electron chi connectivity index (χ3n) is 4.22. The van der Waals surface area contributed by atoms with E-state index >= 15 is 0 Å². The van der Waals surface area contributed by atoms with Gasteiger partial charge in [-0.25, -0.2) is 8.42 Å². The fourth-order valence-electron chi connectivity index (χ4n) is 2.95. The molecule has 0 saturated carbocycles. The van der Waals surface area contributed by atoms with Gasteiger partial charge < -0.3 is 4.74 Å². The van der Waals surface area contributed by atoms with Crippen LogP contribution in [0.1, 0.15) is 16.7 Å². The van der Waals surface area contributed by atoms with Gasteiger partial charge in [0.1, 0.15) is 11.8 Å². The van der Waals surface area contributed by atoms with Crippen LogP contribution in [0.25, 0.3) is 6.08 Å². The lowest BCUT2D eigenvalue weighted by atomic mass is 10.1. The van der Waals surface area contributed by atoms with Crippen molar-refractivity contribution in [2.24, 2.45) is 0 Å². The van der Waals surface area contributed by atoms with Crippen molar-refractivity contribution in [2.75, 3.05) is 5.75 Å². The van der Waals surface area contributed by atoms with Gasteiger partial charge in [0.15, 0.2) is 0 Å². The van der Waals surface area contributed by atoms with Crippen LogP contribution in [-0.4, -0.2) is 32.8 Å². The fourth-order valence-corrected chi connectivity index (χ4v) is 6.09. The van der Waals surface area contributed by atoms with Crippen LogP contribution in [0.4, 0.5) is 26.3 Å². The first-order valence-corrected chi connectivity index (χ1v) is 12.3. The number of aryl methyl sites for hydroxylation is 2. The first-order chi connectivity index (χ1) is 15.0. The topological polar surface area (TPSA) is 55.4 Å². The monoisotopic (exact) mass is 577 g/mol. The van der Waals surface area contributed by atoms with E-state index < -0.39 is 40.1 Å². The van der Waals surface area contributed by atoms with Gasteiger partial charge in [-0.15, -0.1) is 24.9 Å². The molecular formula is C20H18BrF6NO3S2. The Balaban J connectivity index is 2.34. The summed E-state index contributed by atoms with van der Waals surface area (Å²) in [5.74, 6) is -1.64. The number of benzene rings is 2. The lowest BCUT2D eigenvalue weighted by Gasteiger charge is -2.23. The summed E-state index contributed by atoms with van der Waals surface area (Å²) in [6, 6.07) is 3.78. The minimum Gasteiger partial charge on any atom is -0.405 e. The maximum atomic E-state index is 13.7. The quantitative estimate of drug-likeness (QED) is 0.283. The molecule has 0 aliphatic heterocycles. The molecule has 0 bridgehead atoms. The van der Waals surface area contributed by atoms with Crippen molar-refractivity contribution in [2.45, 2.75) is 42.2 Å². The number of hydrogen-bond acceptors (Lipinski definition) is 4. The Hall–Kier alpha value is -1.70. The standard InChI is InChI=1S/C20H18BrF6NO3S2/c1-4-13-7-11(2)18(12(3)8-13)33(29,30)28-17(19(22,23)24)10-32-16-6-5-14(21)9-15(16)31-20(25,26)27/h4-9,17,28H,1,10H2,2-3H3. The molecular weight excluding hydrogens is 560 g/mol. The molecule has 0 radical (unpaired) electrons. The van der Waals surface area contributed by atoms with Crippen molar-refractivity contribution in [3.8, 4) is 5.75 Å². The lowest BCUT2D eigenvalue weighted by Crippen LogP contribution is -2.47. The molecule has 0 amide bonds. The maximum absolute atomic E-state index is 13.7. The van der Waals surface area contributed by atoms with Gasteiger partial charge in [0.05, 0.1) is 4.90 Å². The highest BCUT2D eigenvalue weighted by Gasteiger charge is 2.43. The summed E-state index contributed by atoms with van der Waals surface area (Å²) in [6.45, 7) is 6.45. The lowest BCUT2D eigenvalue weighted by molar-refractivity contribution is -0.275. The summed E-state index contributed by atoms with van der Waals surface area (Å²) >= 11 is 3.35. The zero-order chi connectivity index (χ0) is 25.2. The van der Waals surface area contributed by atoms with Gasteiger partial charge in [0, 0.05) is 15.1 Å². The van der Waals surface area contributed by atoms with Crippen LogP contribution >= 0.6 is 27.7 Å². The second-order valence-corrected chi connectivity index (χ2v) is 10.5. The van der Waals surface area contributed by atoms with E-state index in [9.17, 15) is 34.8 Å². The van der Waals surface area contributed by atoms with Crippen LogP contribution in [0.15, 0.2) is 51.2 Å². The third kappa shape index (κ3) is 7.66. The number of nitrogens with one attached hydrogen (secondary N) is 1. The van der Waals surface area contributed by atoms with E-state index in [4.69, 9.17) is 0 Å². The summed E-state index contributed by atoms with van der Waals surface area (Å²) in [6.07, 6.45) is -8.60.